The maximum absolute atomic E-state index is 10.1. The van der Waals surface area contributed by atoms with E-state index in [9.17, 15) is 5.11 Å². The summed E-state index contributed by atoms with van der Waals surface area (Å²) in [7, 11) is 0. The van der Waals surface area contributed by atoms with Gasteiger partial charge in [0.2, 0.25) is 0 Å². The Kier molecular flexibility index (Phi) is 4.13. The molecule has 3 N–H and O–H groups in total. The fraction of sp³-hybridized carbons (Fsp3) is 1.00. The topological polar surface area (TPSA) is 46.1 Å². The number of quaternary nitrogens is 1. The molecule has 3 heteroatoms. The van der Waals surface area contributed by atoms with E-state index in [4.69, 9.17) is 4.74 Å². The van der Waals surface area contributed by atoms with E-state index in [-0.39, 0.29) is 11.6 Å². The average Bonchev–Trinajstić information content (AvgIpc) is 2.34. The second-order valence-electron chi connectivity index (χ2n) is 8.69. The molecule has 4 bridgehead atoms. The summed E-state index contributed by atoms with van der Waals surface area (Å²) >= 11 is 0. The Bertz CT molecular complexity index is 308. The van der Waals surface area contributed by atoms with Crippen molar-refractivity contribution in [2.45, 2.75) is 70.6 Å². The average molecular weight is 282 g/mol. The second kappa shape index (κ2) is 5.58. The molecule has 0 spiro atoms. The van der Waals surface area contributed by atoms with E-state index in [1.54, 1.807) is 0 Å². The lowest BCUT2D eigenvalue weighted by molar-refractivity contribution is -0.722. The lowest BCUT2D eigenvalue weighted by Crippen LogP contribution is -2.96. The highest BCUT2D eigenvalue weighted by atomic mass is 16.5. The Morgan fingerprint density at radius 1 is 1.05 bits per heavy atom. The standard InChI is InChI=1S/C17H31NO2/c1-17(2,3)18-9-15(19)10-20-16-13-5-11-4-12(7-13)8-14(16)6-11/h11-16,18-19H,4-10H2,1-3H3/p+1/t11?,12?,13?,14?,15-,16?/m0/s1. The van der Waals surface area contributed by atoms with Gasteiger partial charge in [-0.05, 0) is 76.5 Å². The quantitative estimate of drug-likeness (QED) is 0.804. The molecule has 0 radical (unpaired) electrons. The van der Waals surface area contributed by atoms with E-state index in [1.807, 2.05) is 0 Å². The highest BCUT2D eigenvalue weighted by Gasteiger charge is 2.48. The minimum atomic E-state index is -0.327. The molecule has 0 saturated heterocycles. The predicted molar refractivity (Wildman–Crippen MR) is 79.3 cm³/mol. The van der Waals surface area contributed by atoms with E-state index >= 15 is 0 Å². The zero-order valence-electron chi connectivity index (χ0n) is 13.3. The maximum atomic E-state index is 10.1. The van der Waals surface area contributed by atoms with Gasteiger partial charge in [0.15, 0.2) is 0 Å². The van der Waals surface area contributed by atoms with Gasteiger partial charge in [0, 0.05) is 0 Å². The van der Waals surface area contributed by atoms with Crippen molar-refractivity contribution in [3.05, 3.63) is 0 Å². The first-order valence-corrected chi connectivity index (χ1v) is 8.55. The van der Waals surface area contributed by atoms with Gasteiger partial charge in [-0.2, -0.15) is 0 Å². The Labute approximate surface area is 123 Å². The first-order chi connectivity index (χ1) is 9.40. The van der Waals surface area contributed by atoms with Gasteiger partial charge in [0.25, 0.3) is 0 Å². The highest BCUT2D eigenvalue weighted by molar-refractivity contribution is 4.99. The summed E-state index contributed by atoms with van der Waals surface area (Å²) in [5.74, 6) is 3.59. The summed E-state index contributed by atoms with van der Waals surface area (Å²) < 4.78 is 6.18. The third kappa shape index (κ3) is 3.37. The summed E-state index contributed by atoms with van der Waals surface area (Å²) in [5.41, 5.74) is 0.184. The van der Waals surface area contributed by atoms with E-state index in [2.05, 4.69) is 26.1 Å². The van der Waals surface area contributed by atoms with Crippen LogP contribution in [-0.4, -0.2) is 36.0 Å². The number of hydrogen-bond donors (Lipinski definition) is 2. The van der Waals surface area contributed by atoms with Crippen LogP contribution in [0.1, 0.15) is 52.9 Å². The smallest absolute Gasteiger partial charge is 0.126 e. The zero-order chi connectivity index (χ0) is 14.3. The monoisotopic (exact) mass is 282 g/mol. The first kappa shape index (κ1) is 14.8. The van der Waals surface area contributed by atoms with Crippen LogP contribution in [0.4, 0.5) is 0 Å². The minimum Gasteiger partial charge on any atom is -0.385 e. The minimum absolute atomic E-state index is 0.184. The fourth-order valence-electron chi connectivity index (χ4n) is 4.93. The van der Waals surface area contributed by atoms with Gasteiger partial charge >= 0.3 is 0 Å². The Morgan fingerprint density at radius 3 is 2.10 bits per heavy atom. The molecule has 4 rings (SSSR count). The van der Waals surface area contributed by atoms with Crippen LogP contribution in [0, 0.1) is 23.7 Å². The van der Waals surface area contributed by atoms with Gasteiger partial charge in [-0.15, -0.1) is 0 Å². The third-order valence-corrected chi connectivity index (χ3v) is 5.62. The van der Waals surface area contributed by atoms with Gasteiger partial charge in [-0.25, -0.2) is 0 Å². The lowest BCUT2D eigenvalue weighted by Gasteiger charge is -2.54. The molecular formula is C17H32NO2+. The van der Waals surface area contributed by atoms with Gasteiger partial charge in [0.1, 0.15) is 12.6 Å². The SMILES string of the molecule is CC(C)(C)[NH2+]C[C@H](O)COC1C2CC3CC(C2)CC1C3. The van der Waals surface area contributed by atoms with Crippen molar-refractivity contribution in [1.29, 1.82) is 0 Å². The molecule has 4 saturated carbocycles. The third-order valence-electron chi connectivity index (χ3n) is 5.62. The van der Waals surface area contributed by atoms with Gasteiger partial charge in [0.05, 0.1) is 18.2 Å². The number of aliphatic hydroxyl groups is 1. The number of nitrogens with two attached hydrogens (primary N) is 1. The highest BCUT2D eigenvalue weighted by Crippen LogP contribution is 2.54. The molecule has 116 valence electrons. The Morgan fingerprint density at radius 2 is 1.60 bits per heavy atom. The number of ether oxygens (including phenoxy) is 1. The van der Waals surface area contributed by atoms with Crippen molar-refractivity contribution in [2.75, 3.05) is 13.2 Å². The normalized spacial score (nSPS) is 41.1. The molecule has 0 aromatic rings. The summed E-state index contributed by atoms with van der Waals surface area (Å²) in [4.78, 5) is 0. The van der Waals surface area contributed by atoms with Crippen molar-refractivity contribution in [3.8, 4) is 0 Å². The number of hydrogen-bond acceptors (Lipinski definition) is 2. The van der Waals surface area contributed by atoms with E-state index in [0.29, 0.717) is 12.7 Å². The molecule has 0 unspecified atom stereocenters. The maximum Gasteiger partial charge on any atom is 0.126 e. The molecule has 0 amide bonds. The zero-order valence-corrected chi connectivity index (χ0v) is 13.3. The van der Waals surface area contributed by atoms with Crippen LogP contribution in [0.25, 0.3) is 0 Å². The van der Waals surface area contributed by atoms with Gasteiger partial charge in [-0.1, -0.05) is 0 Å². The molecule has 0 aliphatic heterocycles. The van der Waals surface area contributed by atoms with Gasteiger partial charge < -0.3 is 15.2 Å². The van der Waals surface area contributed by atoms with E-state index in [0.717, 1.165) is 30.2 Å². The Hall–Kier alpha value is -0.120. The van der Waals surface area contributed by atoms with Gasteiger partial charge in [-0.3, -0.25) is 0 Å². The van der Waals surface area contributed by atoms with Crippen molar-refractivity contribution in [1.82, 2.24) is 0 Å². The van der Waals surface area contributed by atoms with Crippen LogP contribution in [0.5, 0.6) is 0 Å². The number of aliphatic hydroxyl groups excluding tert-OH is 1. The second-order valence-corrected chi connectivity index (χ2v) is 8.69. The molecule has 20 heavy (non-hydrogen) atoms. The van der Waals surface area contributed by atoms with E-state index in [1.165, 1.54) is 32.1 Å². The summed E-state index contributed by atoms with van der Waals surface area (Å²) in [6.07, 6.45) is 7.18. The van der Waals surface area contributed by atoms with Crippen LogP contribution in [-0.2, 0) is 4.74 Å². The molecule has 4 aliphatic carbocycles. The molecule has 4 fully saturated rings. The van der Waals surface area contributed by atoms with Crippen molar-refractivity contribution < 1.29 is 15.2 Å². The fourth-order valence-corrected chi connectivity index (χ4v) is 4.93. The van der Waals surface area contributed by atoms with Crippen LogP contribution >= 0.6 is 0 Å². The van der Waals surface area contributed by atoms with Crippen LogP contribution in [0.2, 0.25) is 0 Å². The number of rotatable bonds is 5. The molecule has 3 nitrogen and oxygen atoms in total. The molecule has 0 aromatic carbocycles. The van der Waals surface area contributed by atoms with Crippen molar-refractivity contribution >= 4 is 0 Å². The van der Waals surface area contributed by atoms with Crippen LogP contribution in [0.3, 0.4) is 0 Å². The largest absolute Gasteiger partial charge is 0.385 e. The summed E-state index contributed by atoms with van der Waals surface area (Å²) in [6, 6.07) is 0. The molecular weight excluding hydrogens is 250 g/mol. The first-order valence-electron chi connectivity index (χ1n) is 8.55. The molecule has 0 aromatic heterocycles. The Balaban J connectivity index is 1.44. The van der Waals surface area contributed by atoms with Crippen molar-refractivity contribution in [3.63, 3.8) is 0 Å². The molecule has 1 atom stereocenters. The summed E-state index contributed by atoms with van der Waals surface area (Å²) in [5, 5.41) is 12.3. The van der Waals surface area contributed by atoms with E-state index < -0.39 is 0 Å². The van der Waals surface area contributed by atoms with Crippen LogP contribution < -0.4 is 5.32 Å². The van der Waals surface area contributed by atoms with Crippen LogP contribution in [0.15, 0.2) is 0 Å². The van der Waals surface area contributed by atoms with Crippen molar-refractivity contribution in [2.24, 2.45) is 23.7 Å². The molecule has 4 aliphatic rings. The predicted octanol–water partition coefficient (Wildman–Crippen LogP) is 1.55. The lowest BCUT2D eigenvalue weighted by atomic mass is 9.55. The molecule has 0 heterocycles. The summed E-state index contributed by atoms with van der Waals surface area (Å²) in [6.45, 7) is 7.81.